The zero-order chi connectivity index (χ0) is 26.4. The second kappa shape index (κ2) is 12.1. The number of nitrogens with zero attached hydrogens (tertiary/aromatic N) is 1. The Hall–Kier alpha value is -2.84. The molecule has 0 aromatic heterocycles. The SMILES string of the molecule is CC(C)(F)CN1CCC(COc2ccc(-c3ccccc3C(=O)NC(=O)C3CCNCC3)c(F)c2)CC1. The van der Waals surface area contributed by atoms with E-state index in [2.05, 4.69) is 15.5 Å². The Morgan fingerprint density at radius 2 is 1.76 bits per heavy atom. The van der Waals surface area contributed by atoms with Crippen LogP contribution in [0.4, 0.5) is 8.78 Å². The number of nitrogens with one attached hydrogen (secondary N) is 2. The number of piperidine rings is 2. The number of ether oxygens (including phenoxy) is 1. The smallest absolute Gasteiger partial charge is 0.258 e. The van der Waals surface area contributed by atoms with E-state index in [9.17, 15) is 14.0 Å². The molecule has 2 aromatic rings. The van der Waals surface area contributed by atoms with Gasteiger partial charge in [0, 0.05) is 29.7 Å². The monoisotopic (exact) mass is 513 g/mol. The molecule has 0 spiro atoms. The van der Waals surface area contributed by atoms with Gasteiger partial charge in [-0.3, -0.25) is 14.9 Å². The third-order valence-corrected chi connectivity index (χ3v) is 7.14. The maximum atomic E-state index is 15.2. The normalized spacial score (nSPS) is 17.9. The van der Waals surface area contributed by atoms with E-state index in [4.69, 9.17) is 4.74 Å². The van der Waals surface area contributed by atoms with E-state index in [0.717, 1.165) is 39.0 Å². The van der Waals surface area contributed by atoms with Crippen molar-refractivity contribution in [1.82, 2.24) is 15.5 Å². The lowest BCUT2D eigenvalue weighted by molar-refractivity contribution is -0.124. The third kappa shape index (κ3) is 7.58. The molecule has 2 fully saturated rings. The number of imide groups is 1. The summed E-state index contributed by atoms with van der Waals surface area (Å²) in [5, 5.41) is 5.70. The summed E-state index contributed by atoms with van der Waals surface area (Å²) in [5.41, 5.74) is -0.259. The largest absolute Gasteiger partial charge is 0.493 e. The Bertz CT molecular complexity index is 1090. The minimum Gasteiger partial charge on any atom is -0.493 e. The van der Waals surface area contributed by atoms with Crippen molar-refractivity contribution in [3.8, 4) is 16.9 Å². The summed E-state index contributed by atoms with van der Waals surface area (Å²) in [6.07, 6.45) is 3.20. The molecular formula is C29H37F2N3O3. The predicted octanol–water partition coefficient (Wildman–Crippen LogP) is 4.59. The molecule has 0 radical (unpaired) electrons. The van der Waals surface area contributed by atoms with Gasteiger partial charge < -0.3 is 15.0 Å². The number of benzene rings is 2. The summed E-state index contributed by atoms with van der Waals surface area (Å²) in [5.74, 6) is -0.748. The van der Waals surface area contributed by atoms with Gasteiger partial charge in [0.1, 0.15) is 17.2 Å². The van der Waals surface area contributed by atoms with E-state index in [0.29, 0.717) is 43.2 Å². The van der Waals surface area contributed by atoms with Crippen LogP contribution in [0, 0.1) is 17.7 Å². The number of likely N-dealkylation sites (tertiary alicyclic amines) is 1. The molecule has 2 aromatic carbocycles. The first-order chi connectivity index (χ1) is 17.7. The molecule has 37 heavy (non-hydrogen) atoms. The van der Waals surface area contributed by atoms with Crippen molar-refractivity contribution in [3.63, 3.8) is 0 Å². The molecule has 2 heterocycles. The first-order valence-corrected chi connectivity index (χ1v) is 13.2. The molecule has 8 heteroatoms. The molecule has 2 saturated heterocycles. The third-order valence-electron chi connectivity index (χ3n) is 7.14. The number of carbonyl (C=O) groups excluding carboxylic acids is 2. The highest BCUT2D eigenvalue weighted by atomic mass is 19.1. The van der Waals surface area contributed by atoms with Crippen LogP contribution in [0.2, 0.25) is 0 Å². The van der Waals surface area contributed by atoms with Crippen molar-refractivity contribution in [2.45, 2.75) is 45.2 Å². The first-order valence-electron chi connectivity index (χ1n) is 13.2. The van der Waals surface area contributed by atoms with Crippen LogP contribution >= 0.6 is 0 Å². The van der Waals surface area contributed by atoms with Crippen LogP contribution < -0.4 is 15.4 Å². The van der Waals surface area contributed by atoms with Crippen LogP contribution in [-0.2, 0) is 4.79 Å². The number of carbonyl (C=O) groups is 2. The second-order valence-electron chi connectivity index (χ2n) is 10.8. The second-order valence-corrected chi connectivity index (χ2v) is 10.8. The number of rotatable bonds is 8. The van der Waals surface area contributed by atoms with Crippen molar-refractivity contribution < 1.29 is 23.1 Å². The lowest BCUT2D eigenvalue weighted by Crippen LogP contribution is -2.41. The molecule has 0 bridgehead atoms. The quantitative estimate of drug-likeness (QED) is 0.506. The zero-order valence-corrected chi connectivity index (χ0v) is 21.7. The summed E-state index contributed by atoms with van der Waals surface area (Å²) < 4.78 is 35.0. The molecule has 2 N–H and O–H groups in total. The number of alkyl halides is 1. The molecule has 0 aliphatic carbocycles. The fourth-order valence-corrected chi connectivity index (χ4v) is 5.14. The van der Waals surface area contributed by atoms with E-state index in [1.165, 1.54) is 6.07 Å². The molecule has 0 unspecified atom stereocenters. The highest BCUT2D eigenvalue weighted by Gasteiger charge is 2.26. The van der Waals surface area contributed by atoms with Crippen molar-refractivity contribution in [2.75, 3.05) is 39.3 Å². The van der Waals surface area contributed by atoms with E-state index >= 15 is 4.39 Å². The summed E-state index contributed by atoms with van der Waals surface area (Å²) in [6.45, 7) is 7.25. The minimum absolute atomic E-state index is 0.201. The van der Waals surface area contributed by atoms with Gasteiger partial charge in [0.05, 0.1) is 6.61 Å². The standard InChI is InChI=1S/C29H37F2N3O3/c1-29(2,31)19-34-15-11-20(12-16-34)18-37-22-7-8-24(26(30)17-22)23-5-3-4-6-25(23)28(36)33-27(35)21-9-13-32-14-10-21/h3-8,17,20-21,32H,9-16,18-19H2,1-2H3,(H,33,35,36). The van der Waals surface area contributed by atoms with Crippen molar-refractivity contribution in [1.29, 1.82) is 0 Å². The van der Waals surface area contributed by atoms with Gasteiger partial charge in [-0.05, 0) is 95.4 Å². The van der Waals surface area contributed by atoms with Gasteiger partial charge in [-0.15, -0.1) is 0 Å². The maximum Gasteiger partial charge on any atom is 0.258 e. The van der Waals surface area contributed by atoms with Crippen molar-refractivity contribution in [3.05, 3.63) is 53.8 Å². The Morgan fingerprint density at radius 1 is 1.05 bits per heavy atom. The summed E-state index contributed by atoms with van der Waals surface area (Å²) in [7, 11) is 0. The van der Waals surface area contributed by atoms with Gasteiger partial charge in [-0.2, -0.15) is 0 Å². The molecule has 6 nitrogen and oxygen atoms in total. The first kappa shape index (κ1) is 27.2. The number of hydrogen-bond donors (Lipinski definition) is 2. The Kier molecular flexibility index (Phi) is 8.92. The zero-order valence-electron chi connectivity index (χ0n) is 21.7. The summed E-state index contributed by atoms with van der Waals surface area (Å²) >= 11 is 0. The molecular weight excluding hydrogens is 476 g/mol. The molecule has 0 saturated carbocycles. The van der Waals surface area contributed by atoms with Crippen molar-refractivity contribution in [2.24, 2.45) is 11.8 Å². The van der Waals surface area contributed by atoms with E-state index in [1.807, 2.05) is 0 Å². The fraction of sp³-hybridized carbons (Fsp3) is 0.517. The van der Waals surface area contributed by atoms with Crippen LogP contribution in [-0.4, -0.2) is 61.7 Å². The van der Waals surface area contributed by atoms with Crippen molar-refractivity contribution >= 4 is 11.8 Å². The average Bonchev–Trinajstić information content (AvgIpc) is 2.88. The van der Waals surface area contributed by atoms with Gasteiger partial charge in [0.15, 0.2) is 0 Å². The average molecular weight is 514 g/mol. The molecule has 0 atom stereocenters. The number of amides is 2. The topological polar surface area (TPSA) is 70.7 Å². The van der Waals surface area contributed by atoms with Gasteiger partial charge >= 0.3 is 0 Å². The Labute approximate surface area is 217 Å². The van der Waals surface area contributed by atoms with Crippen LogP contribution in [0.5, 0.6) is 5.75 Å². The van der Waals surface area contributed by atoms with E-state index < -0.39 is 17.4 Å². The molecule has 200 valence electrons. The molecule has 2 aliphatic rings. The van der Waals surface area contributed by atoms with Gasteiger partial charge in [0.25, 0.3) is 5.91 Å². The Morgan fingerprint density at radius 3 is 2.43 bits per heavy atom. The number of halogens is 2. The highest BCUT2D eigenvalue weighted by molar-refractivity contribution is 6.08. The lowest BCUT2D eigenvalue weighted by atomic mass is 9.96. The predicted molar refractivity (Wildman–Crippen MR) is 140 cm³/mol. The molecule has 2 amide bonds. The highest BCUT2D eigenvalue weighted by Crippen LogP contribution is 2.30. The van der Waals surface area contributed by atoms with E-state index in [1.54, 1.807) is 50.2 Å². The summed E-state index contributed by atoms with van der Waals surface area (Å²) in [6, 6.07) is 11.4. The van der Waals surface area contributed by atoms with Gasteiger partial charge in [-0.25, -0.2) is 8.78 Å². The molecule has 2 aliphatic heterocycles. The summed E-state index contributed by atoms with van der Waals surface area (Å²) in [4.78, 5) is 27.6. The van der Waals surface area contributed by atoms with Crippen LogP contribution in [0.1, 0.15) is 49.9 Å². The van der Waals surface area contributed by atoms with Gasteiger partial charge in [-0.1, -0.05) is 18.2 Å². The fourth-order valence-electron chi connectivity index (χ4n) is 5.14. The van der Waals surface area contributed by atoms with E-state index in [-0.39, 0.29) is 23.0 Å². The van der Waals surface area contributed by atoms with Gasteiger partial charge in [0.2, 0.25) is 5.91 Å². The van der Waals surface area contributed by atoms with Crippen LogP contribution in [0.25, 0.3) is 11.1 Å². The number of hydrogen-bond acceptors (Lipinski definition) is 5. The Balaban J connectivity index is 1.36. The van der Waals surface area contributed by atoms with Crippen LogP contribution in [0.15, 0.2) is 42.5 Å². The lowest BCUT2D eigenvalue weighted by Gasteiger charge is -2.34. The maximum absolute atomic E-state index is 15.2. The minimum atomic E-state index is -1.20. The molecule has 4 rings (SSSR count). The van der Waals surface area contributed by atoms with Crippen LogP contribution in [0.3, 0.4) is 0 Å².